The molecule has 4 aromatic rings. The first-order valence-electron chi connectivity index (χ1n) is 9.36. The number of nitrogens with zero attached hydrogens (tertiary/aromatic N) is 2. The van der Waals surface area contributed by atoms with Gasteiger partial charge in [-0.05, 0) is 36.8 Å². The number of rotatable bonds is 4. The van der Waals surface area contributed by atoms with Crippen molar-refractivity contribution in [2.45, 2.75) is 19.5 Å². The summed E-state index contributed by atoms with van der Waals surface area (Å²) in [5.41, 5.74) is 5.46. The maximum absolute atomic E-state index is 13.3. The molecule has 2 aromatic carbocycles. The molecule has 1 atom stereocenters. The number of aromatic nitrogens is 2. The molecule has 1 N–H and O–H groups in total. The van der Waals surface area contributed by atoms with E-state index in [9.17, 15) is 4.79 Å². The van der Waals surface area contributed by atoms with Crippen LogP contribution in [0.2, 0.25) is 0 Å². The summed E-state index contributed by atoms with van der Waals surface area (Å²) in [6.07, 6.45) is 1.63. The molecule has 0 saturated heterocycles. The third-order valence-corrected chi connectivity index (χ3v) is 5.81. The zero-order chi connectivity index (χ0) is 20.0. The van der Waals surface area contributed by atoms with Crippen LogP contribution in [0.1, 0.15) is 39.0 Å². The summed E-state index contributed by atoms with van der Waals surface area (Å²) < 4.78 is 6.52. The van der Waals surface area contributed by atoms with E-state index in [4.69, 9.17) is 4.42 Å². The van der Waals surface area contributed by atoms with Crippen LogP contribution in [-0.4, -0.2) is 21.0 Å². The number of halogens is 1. The fourth-order valence-corrected chi connectivity index (χ4v) is 4.12. The van der Waals surface area contributed by atoms with E-state index in [1.165, 1.54) is 5.56 Å². The van der Waals surface area contributed by atoms with Crippen LogP contribution >= 0.6 is 15.9 Å². The van der Waals surface area contributed by atoms with Gasteiger partial charge in [0.1, 0.15) is 11.5 Å². The molecule has 0 fully saturated rings. The van der Waals surface area contributed by atoms with Gasteiger partial charge in [-0.1, -0.05) is 57.9 Å². The van der Waals surface area contributed by atoms with E-state index in [0.717, 1.165) is 32.6 Å². The first-order chi connectivity index (χ1) is 14.1. The maximum Gasteiger partial charge on any atom is 0.273 e. The molecule has 0 bridgehead atoms. The number of aryl methyl sites for hydroxylation is 1. The third kappa shape index (κ3) is 3.09. The molecule has 1 aliphatic rings. The molecule has 0 aliphatic carbocycles. The van der Waals surface area contributed by atoms with Crippen molar-refractivity contribution in [1.82, 2.24) is 15.1 Å². The summed E-state index contributed by atoms with van der Waals surface area (Å²) >= 11 is 3.50. The molecule has 5 nitrogen and oxygen atoms in total. The molecular weight excluding hydrogens is 430 g/mol. The van der Waals surface area contributed by atoms with E-state index in [2.05, 4.69) is 45.2 Å². The number of carbonyl (C=O) groups excluding carboxylic acids is 1. The summed E-state index contributed by atoms with van der Waals surface area (Å²) in [6, 6.07) is 19.8. The van der Waals surface area contributed by atoms with Crippen molar-refractivity contribution in [2.24, 2.45) is 0 Å². The van der Waals surface area contributed by atoms with Crippen LogP contribution in [-0.2, 0) is 6.54 Å². The number of carbonyl (C=O) groups is 1. The monoisotopic (exact) mass is 447 g/mol. The van der Waals surface area contributed by atoms with Crippen molar-refractivity contribution in [1.29, 1.82) is 0 Å². The Bertz CT molecular complexity index is 1160. The lowest BCUT2D eigenvalue weighted by molar-refractivity contribution is 0.0717. The summed E-state index contributed by atoms with van der Waals surface area (Å²) in [5.74, 6) is 0.672. The number of nitrogens with one attached hydrogen (secondary N) is 1. The Kier molecular flexibility index (Phi) is 4.36. The molecule has 5 rings (SSSR count). The van der Waals surface area contributed by atoms with Crippen molar-refractivity contribution in [3.05, 3.63) is 99.5 Å². The van der Waals surface area contributed by atoms with E-state index in [0.29, 0.717) is 12.2 Å². The van der Waals surface area contributed by atoms with Crippen molar-refractivity contribution < 1.29 is 9.21 Å². The largest absolute Gasteiger partial charge is 0.467 e. The Morgan fingerprint density at radius 3 is 2.55 bits per heavy atom. The van der Waals surface area contributed by atoms with Gasteiger partial charge in [0, 0.05) is 15.6 Å². The van der Waals surface area contributed by atoms with Gasteiger partial charge in [-0.2, -0.15) is 5.10 Å². The topological polar surface area (TPSA) is 62.1 Å². The van der Waals surface area contributed by atoms with Gasteiger partial charge in [0.15, 0.2) is 0 Å². The van der Waals surface area contributed by atoms with Crippen LogP contribution in [0.4, 0.5) is 0 Å². The van der Waals surface area contributed by atoms with Gasteiger partial charge < -0.3 is 9.32 Å². The number of H-pyrrole nitrogens is 1. The molecule has 29 heavy (non-hydrogen) atoms. The normalized spacial score (nSPS) is 15.7. The lowest BCUT2D eigenvalue weighted by atomic mass is 9.96. The summed E-state index contributed by atoms with van der Waals surface area (Å²) in [5, 5.41) is 7.50. The minimum Gasteiger partial charge on any atom is -0.467 e. The highest BCUT2D eigenvalue weighted by atomic mass is 79.9. The van der Waals surface area contributed by atoms with Gasteiger partial charge >= 0.3 is 0 Å². The summed E-state index contributed by atoms with van der Waals surface area (Å²) in [4.78, 5) is 15.1. The number of aromatic amines is 1. The third-order valence-electron chi connectivity index (χ3n) is 5.28. The number of furan rings is 1. The molecule has 144 valence electrons. The Labute approximate surface area is 176 Å². The second kappa shape index (κ2) is 7.04. The van der Waals surface area contributed by atoms with Gasteiger partial charge in [-0.25, -0.2) is 0 Å². The quantitative estimate of drug-likeness (QED) is 0.450. The lowest BCUT2D eigenvalue weighted by Crippen LogP contribution is -2.28. The maximum atomic E-state index is 13.3. The smallest absolute Gasteiger partial charge is 0.273 e. The zero-order valence-corrected chi connectivity index (χ0v) is 17.3. The van der Waals surface area contributed by atoms with Crippen molar-refractivity contribution >= 4 is 21.8 Å². The van der Waals surface area contributed by atoms with Crippen LogP contribution in [0.5, 0.6) is 0 Å². The van der Waals surface area contributed by atoms with E-state index < -0.39 is 0 Å². The van der Waals surface area contributed by atoms with Crippen LogP contribution < -0.4 is 0 Å². The minimum atomic E-state index is -0.245. The zero-order valence-electron chi connectivity index (χ0n) is 15.7. The first-order valence-corrected chi connectivity index (χ1v) is 10.2. The van der Waals surface area contributed by atoms with Gasteiger partial charge in [-0.3, -0.25) is 9.89 Å². The molecular formula is C23H18BrN3O2. The van der Waals surface area contributed by atoms with Crippen LogP contribution in [0.3, 0.4) is 0 Å². The molecule has 1 unspecified atom stereocenters. The van der Waals surface area contributed by atoms with Crippen LogP contribution in [0, 0.1) is 6.92 Å². The Morgan fingerprint density at radius 2 is 1.86 bits per heavy atom. The molecule has 0 spiro atoms. The Morgan fingerprint density at radius 1 is 1.10 bits per heavy atom. The SMILES string of the molecule is Cc1ccc(-c2n[nH]c3c2C(c2ccc(Br)cc2)N(Cc2ccco2)C3=O)cc1. The Hall–Kier alpha value is -3.12. The van der Waals surface area contributed by atoms with Crippen LogP contribution in [0.25, 0.3) is 11.3 Å². The lowest BCUT2D eigenvalue weighted by Gasteiger charge is -2.25. The molecule has 2 aromatic heterocycles. The first kappa shape index (κ1) is 17.9. The highest BCUT2D eigenvalue weighted by molar-refractivity contribution is 9.10. The second-order valence-corrected chi connectivity index (χ2v) is 8.11. The molecule has 0 saturated carbocycles. The fraction of sp³-hybridized carbons (Fsp3) is 0.130. The van der Waals surface area contributed by atoms with E-state index >= 15 is 0 Å². The standard InChI is InChI=1S/C23H18BrN3O2/c1-14-4-6-15(7-5-14)20-19-21(26-25-20)23(28)27(13-18-3-2-12-29-18)22(19)16-8-10-17(24)11-9-16/h2-12,22H,13H2,1H3,(H,25,26). The molecule has 1 amide bonds. The molecule has 3 heterocycles. The number of amides is 1. The highest BCUT2D eigenvalue weighted by Crippen LogP contribution is 2.43. The van der Waals surface area contributed by atoms with Gasteiger partial charge in [-0.15, -0.1) is 0 Å². The minimum absolute atomic E-state index is 0.0739. The Balaban J connectivity index is 1.65. The number of fused-ring (bicyclic) bond motifs is 1. The fourth-order valence-electron chi connectivity index (χ4n) is 3.85. The summed E-state index contributed by atoms with van der Waals surface area (Å²) in [6.45, 7) is 2.44. The molecule has 6 heteroatoms. The van der Waals surface area contributed by atoms with E-state index in [1.54, 1.807) is 6.26 Å². The summed E-state index contributed by atoms with van der Waals surface area (Å²) in [7, 11) is 0. The molecule has 1 aliphatic heterocycles. The van der Waals surface area contributed by atoms with Crippen LogP contribution in [0.15, 0.2) is 75.8 Å². The van der Waals surface area contributed by atoms with Gasteiger partial charge in [0.2, 0.25) is 0 Å². The molecule has 0 radical (unpaired) electrons. The average molecular weight is 448 g/mol. The van der Waals surface area contributed by atoms with Gasteiger partial charge in [0.25, 0.3) is 5.91 Å². The van der Waals surface area contributed by atoms with Gasteiger partial charge in [0.05, 0.1) is 24.5 Å². The van der Waals surface area contributed by atoms with E-state index in [1.807, 2.05) is 53.4 Å². The number of hydrogen-bond acceptors (Lipinski definition) is 3. The highest BCUT2D eigenvalue weighted by Gasteiger charge is 2.42. The van der Waals surface area contributed by atoms with Crippen molar-refractivity contribution in [2.75, 3.05) is 0 Å². The van der Waals surface area contributed by atoms with Crippen molar-refractivity contribution in [3.8, 4) is 11.3 Å². The predicted octanol–water partition coefficient (Wildman–Crippen LogP) is 5.49. The number of benzene rings is 2. The predicted molar refractivity (Wildman–Crippen MR) is 113 cm³/mol. The second-order valence-electron chi connectivity index (χ2n) is 7.19. The van der Waals surface area contributed by atoms with E-state index in [-0.39, 0.29) is 11.9 Å². The number of hydrogen-bond donors (Lipinski definition) is 1. The van der Waals surface area contributed by atoms with Crippen molar-refractivity contribution in [3.63, 3.8) is 0 Å². The average Bonchev–Trinajstić information content (AvgIpc) is 3.44.